The van der Waals surface area contributed by atoms with Gasteiger partial charge in [-0.2, -0.15) is 0 Å². The fourth-order valence-corrected chi connectivity index (χ4v) is 6.99. The third-order valence-electron chi connectivity index (χ3n) is 6.00. The molecule has 2 rings (SSSR count). The van der Waals surface area contributed by atoms with E-state index >= 15 is 0 Å². The number of β-lactam (4-membered cyclic amide) rings is 1. The van der Waals surface area contributed by atoms with E-state index in [0.29, 0.717) is 12.5 Å². The second kappa shape index (κ2) is 8.47. The number of carbonyl (C=O) groups excluding carboxylic acids is 2. The first kappa shape index (κ1) is 19.4. The molecule has 1 heterocycles. The molecule has 0 aromatic rings. The smallest absolute Gasteiger partial charge is 0.416 e. The van der Waals surface area contributed by atoms with Crippen molar-refractivity contribution in [3.05, 3.63) is 0 Å². The number of amides is 2. The Balaban J connectivity index is 2.18. The van der Waals surface area contributed by atoms with Crippen LogP contribution < -0.4 is 0 Å². The molecule has 0 spiro atoms. The Hall–Kier alpha value is -0.883. The van der Waals surface area contributed by atoms with Crippen molar-refractivity contribution in [3.8, 4) is 0 Å². The lowest BCUT2D eigenvalue weighted by Crippen LogP contribution is -2.72. The Bertz CT molecular complexity index is 438. The van der Waals surface area contributed by atoms with Gasteiger partial charge in [0.2, 0.25) is 0 Å². The maximum absolute atomic E-state index is 12.7. The molecule has 0 N–H and O–H groups in total. The zero-order chi connectivity index (χ0) is 17.7. The molecular weight excluding hydrogens is 322 g/mol. The molecular formula is C18H33NO4Si. The van der Waals surface area contributed by atoms with Crippen molar-refractivity contribution < 1.29 is 18.8 Å². The van der Waals surface area contributed by atoms with Crippen LogP contribution in [0.25, 0.3) is 0 Å². The van der Waals surface area contributed by atoms with Gasteiger partial charge >= 0.3 is 6.09 Å². The van der Waals surface area contributed by atoms with Crippen molar-refractivity contribution in [2.75, 3.05) is 6.61 Å². The summed E-state index contributed by atoms with van der Waals surface area (Å²) in [6.07, 6.45) is 4.84. The van der Waals surface area contributed by atoms with E-state index in [2.05, 4.69) is 20.8 Å². The molecule has 0 aromatic carbocycles. The summed E-state index contributed by atoms with van der Waals surface area (Å²) in [7, 11) is -1.88. The van der Waals surface area contributed by atoms with Crippen molar-refractivity contribution >= 4 is 20.3 Å². The Morgan fingerprint density at radius 1 is 1.08 bits per heavy atom. The van der Waals surface area contributed by atoms with Crippen LogP contribution in [-0.4, -0.2) is 44.0 Å². The number of nitrogens with zero attached hydrogens (tertiary/aromatic N) is 1. The highest BCUT2D eigenvalue weighted by Gasteiger charge is 2.57. The lowest BCUT2D eigenvalue weighted by molar-refractivity contribution is -0.165. The molecule has 1 aliphatic carbocycles. The van der Waals surface area contributed by atoms with E-state index in [1.165, 1.54) is 24.2 Å². The summed E-state index contributed by atoms with van der Waals surface area (Å²) in [6, 6.07) is 2.93. The number of carbonyl (C=O) groups is 2. The highest BCUT2D eigenvalue weighted by atomic mass is 28.4. The van der Waals surface area contributed by atoms with Crippen molar-refractivity contribution in [2.24, 2.45) is 5.92 Å². The molecule has 0 radical (unpaired) electrons. The third kappa shape index (κ3) is 3.69. The van der Waals surface area contributed by atoms with E-state index in [9.17, 15) is 9.59 Å². The summed E-state index contributed by atoms with van der Waals surface area (Å²) in [6.45, 7) is 8.57. The first-order chi connectivity index (χ1) is 11.5. The van der Waals surface area contributed by atoms with Gasteiger partial charge in [-0.3, -0.25) is 4.79 Å². The van der Waals surface area contributed by atoms with Crippen LogP contribution in [0.3, 0.4) is 0 Å². The molecule has 2 amide bonds. The molecule has 2 aliphatic rings. The Morgan fingerprint density at radius 3 is 2.17 bits per heavy atom. The number of rotatable bonds is 7. The minimum absolute atomic E-state index is 0.117. The van der Waals surface area contributed by atoms with Gasteiger partial charge in [0.25, 0.3) is 5.91 Å². The van der Waals surface area contributed by atoms with Crippen LogP contribution in [0.15, 0.2) is 0 Å². The van der Waals surface area contributed by atoms with Gasteiger partial charge in [0.05, 0.1) is 12.6 Å². The maximum atomic E-state index is 12.7. The average molecular weight is 356 g/mol. The summed E-state index contributed by atoms with van der Waals surface area (Å²) in [5.41, 5.74) is 0. The number of ether oxygens (including phenoxy) is 1. The number of imide groups is 1. The van der Waals surface area contributed by atoms with Crippen LogP contribution in [0, 0.1) is 5.92 Å². The van der Waals surface area contributed by atoms with Gasteiger partial charge in [0, 0.05) is 0 Å². The number of hydrogen-bond acceptors (Lipinski definition) is 4. The molecule has 0 unspecified atom stereocenters. The van der Waals surface area contributed by atoms with Gasteiger partial charge in [-0.1, -0.05) is 40.0 Å². The predicted molar refractivity (Wildman–Crippen MR) is 96.3 cm³/mol. The van der Waals surface area contributed by atoms with Crippen LogP contribution in [0.5, 0.6) is 0 Å². The minimum Gasteiger partial charge on any atom is -0.449 e. The van der Waals surface area contributed by atoms with E-state index < -0.39 is 20.5 Å². The fraction of sp³-hybridized carbons (Fsp3) is 0.889. The highest BCUT2D eigenvalue weighted by Crippen LogP contribution is 2.40. The number of likely N-dealkylation sites (tertiary alicyclic amines) is 1. The SMILES string of the molecule is CCOC(=O)N1C(=O)[C@@H](O[Si](CC)(CC)CC)[C@H]1C1CCCCC1. The molecule has 2 fully saturated rings. The second-order valence-corrected chi connectivity index (χ2v) is 11.8. The summed E-state index contributed by atoms with van der Waals surface area (Å²) < 4.78 is 11.6. The minimum atomic E-state index is -1.88. The zero-order valence-electron chi connectivity index (χ0n) is 15.7. The van der Waals surface area contributed by atoms with Gasteiger partial charge < -0.3 is 9.16 Å². The molecule has 1 aliphatic heterocycles. The van der Waals surface area contributed by atoms with Gasteiger partial charge in [-0.05, 0) is 43.8 Å². The largest absolute Gasteiger partial charge is 0.449 e. The molecule has 24 heavy (non-hydrogen) atoms. The van der Waals surface area contributed by atoms with Crippen molar-refractivity contribution in [1.82, 2.24) is 4.90 Å². The van der Waals surface area contributed by atoms with Crippen LogP contribution in [0.4, 0.5) is 4.79 Å². The first-order valence-electron chi connectivity index (χ1n) is 9.71. The third-order valence-corrected chi connectivity index (χ3v) is 10.6. The summed E-state index contributed by atoms with van der Waals surface area (Å²) in [4.78, 5) is 26.3. The van der Waals surface area contributed by atoms with E-state index in [4.69, 9.17) is 9.16 Å². The molecule has 1 saturated heterocycles. The zero-order valence-corrected chi connectivity index (χ0v) is 16.7. The maximum Gasteiger partial charge on any atom is 0.416 e. The lowest BCUT2D eigenvalue weighted by Gasteiger charge is -2.51. The Morgan fingerprint density at radius 2 is 1.67 bits per heavy atom. The van der Waals surface area contributed by atoms with Crippen molar-refractivity contribution in [3.63, 3.8) is 0 Å². The normalized spacial score (nSPS) is 25.5. The Kier molecular flexibility index (Phi) is 6.86. The van der Waals surface area contributed by atoms with E-state index in [1.807, 2.05) is 0 Å². The number of hydrogen-bond donors (Lipinski definition) is 0. The van der Waals surface area contributed by atoms with Gasteiger partial charge in [-0.15, -0.1) is 0 Å². The standard InChI is InChI=1S/C18H33NO4Si/c1-5-22-18(21)19-15(14-12-10-9-11-13-14)16(17(19)20)23-24(6-2,7-3)8-4/h14-16H,5-13H2,1-4H3/t15-,16+/m1/s1. The monoisotopic (exact) mass is 355 g/mol. The van der Waals surface area contributed by atoms with Crippen molar-refractivity contribution in [1.29, 1.82) is 0 Å². The molecule has 5 nitrogen and oxygen atoms in total. The quantitative estimate of drug-likeness (QED) is 0.504. The topological polar surface area (TPSA) is 55.8 Å². The highest BCUT2D eigenvalue weighted by molar-refractivity contribution is 6.73. The molecule has 0 bridgehead atoms. The van der Waals surface area contributed by atoms with Crippen LogP contribution in [0.1, 0.15) is 59.8 Å². The van der Waals surface area contributed by atoms with E-state index in [-0.39, 0.29) is 11.9 Å². The van der Waals surface area contributed by atoms with Gasteiger partial charge in [0.15, 0.2) is 8.32 Å². The molecule has 0 aromatic heterocycles. The van der Waals surface area contributed by atoms with Crippen molar-refractivity contribution in [2.45, 2.75) is 90.1 Å². The van der Waals surface area contributed by atoms with Gasteiger partial charge in [-0.25, -0.2) is 9.69 Å². The fourth-order valence-electron chi connectivity index (χ4n) is 4.21. The van der Waals surface area contributed by atoms with Crippen LogP contribution >= 0.6 is 0 Å². The summed E-state index contributed by atoms with van der Waals surface area (Å²) in [5.74, 6) is 0.180. The van der Waals surface area contributed by atoms with Gasteiger partial charge in [0.1, 0.15) is 6.10 Å². The molecule has 6 heteroatoms. The Labute approximate surface area is 147 Å². The van der Waals surface area contributed by atoms with E-state index in [0.717, 1.165) is 31.0 Å². The van der Waals surface area contributed by atoms with E-state index in [1.54, 1.807) is 6.92 Å². The lowest BCUT2D eigenvalue weighted by atomic mass is 9.77. The predicted octanol–water partition coefficient (Wildman–Crippen LogP) is 4.32. The van der Waals surface area contributed by atoms with Crippen LogP contribution in [-0.2, 0) is 14.0 Å². The molecule has 1 saturated carbocycles. The molecule has 138 valence electrons. The first-order valence-corrected chi connectivity index (χ1v) is 12.2. The summed E-state index contributed by atoms with van der Waals surface area (Å²) >= 11 is 0. The summed E-state index contributed by atoms with van der Waals surface area (Å²) in [5, 5.41) is 0. The second-order valence-electron chi connectivity index (χ2n) is 7.08. The van der Waals surface area contributed by atoms with Crippen LogP contribution in [0.2, 0.25) is 18.1 Å². The molecule has 2 atom stereocenters. The average Bonchev–Trinajstić information content (AvgIpc) is 2.62.